The van der Waals surface area contributed by atoms with Gasteiger partial charge in [-0.1, -0.05) is 19.9 Å². The fourth-order valence-electron chi connectivity index (χ4n) is 2.38. The van der Waals surface area contributed by atoms with Crippen molar-refractivity contribution >= 4 is 23.3 Å². The van der Waals surface area contributed by atoms with Crippen molar-refractivity contribution in [3.05, 3.63) is 54.4 Å². The molecule has 2 aromatic rings. The summed E-state index contributed by atoms with van der Waals surface area (Å²) in [4.78, 5) is 28.0. The number of nitrogens with two attached hydrogens (primary N) is 1. The summed E-state index contributed by atoms with van der Waals surface area (Å²) in [6.07, 6.45) is 3.96. The van der Waals surface area contributed by atoms with Crippen molar-refractivity contribution in [3.8, 4) is 0 Å². The minimum absolute atomic E-state index is 0.238. The van der Waals surface area contributed by atoms with E-state index in [1.807, 2.05) is 26.0 Å². The van der Waals surface area contributed by atoms with E-state index in [0.717, 1.165) is 5.56 Å². The molecule has 0 aliphatic heterocycles. The van der Waals surface area contributed by atoms with Crippen LogP contribution in [0.15, 0.2) is 48.8 Å². The van der Waals surface area contributed by atoms with Crippen LogP contribution in [0, 0.1) is 5.92 Å². The zero-order chi connectivity index (χ0) is 18.9. The van der Waals surface area contributed by atoms with Gasteiger partial charge in [0, 0.05) is 30.3 Å². The van der Waals surface area contributed by atoms with Crippen molar-refractivity contribution in [1.82, 2.24) is 10.3 Å². The molecule has 138 valence electrons. The summed E-state index contributed by atoms with van der Waals surface area (Å²) < 4.78 is 0. The lowest BCUT2D eigenvalue weighted by Gasteiger charge is -2.15. The Morgan fingerprint density at radius 2 is 1.73 bits per heavy atom. The molecule has 0 bridgehead atoms. The minimum atomic E-state index is -0.560. The van der Waals surface area contributed by atoms with E-state index in [0.29, 0.717) is 30.3 Å². The lowest BCUT2D eigenvalue weighted by atomic mass is 10.0. The average molecular weight is 355 g/mol. The van der Waals surface area contributed by atoms with Crippen LogP contribution in [0.2, 0.25) is 0 Å². The largest absolute Gasteiger partial charge is 0.334 e. The number of urea groups is 1. The Morgan fingerprint density at radius 3 is 2.38 bits per heavy atom. The second-order valence-corrected chi connectivity index (χ2v) is 6.47. The van der Waals surface area contributed by atoms with Crippen LogP contribution in [0.4, 0.5) is 16.2 Å². The minimum Gasteiger partial charge on any atom is -0.334 e. The molecule has 2 rings (SSSR count). The van der Waals surface area contributed by atoms with Crippen LogP contribution in [0.1, 0.15) is 25.8 Å². The van der Waals surface area contributed by atoms with Crippen LogP contribution in [0.5, 0.6) is 0 Å². The van der Waals surface area contributed by atoms with Crippen molar-refractivity contribution in [2.45, 2.75) is 32.9 Å². The summed E-state index contributed by atoms with van der Waals surface area (Å²) in [7, 11) is 0. The summed E-state index contributed by atoms with van der Waals surface area (Å²) in [5.74, 6) is 0.103. The lowest BCUT2D eigenvalue weighted by molar-refractivity contribution is -0.117. The molecule has 0 saturated heterocycles. The molecule has 3 amide bonds. The number of nitrogens with zero attached hydrogens (tertiary/aromatic N) is 1. The average Bonchev–Trinajstić information content (AvgIpc) is 2.60. The molecule has 7 heteroatoms. The highest BCUT2D eigenvalue weighted by atomic mass is 16.2. The summed E-state index contributed by atoms with van der Waals surface area (Å²) >= 11 is 0. The monoisotopic (exact) mass is 355 g/mol. The number of hydrogen-bond donors (Lipinski definition) is 4. The number of aromatic nitrogens is 1. The van der Waals surface area contributed by atoms with Gasteiger partial charge in [0.25, 0.3) is 0 Å². The Hall–Kier alpha value is -2.93. The predicted octanol–water partition coefficient (Wildman–Crippen LogP) is 2.72. The van der Waals surface area contributed by atoms with Crippen LogP contribution in [0.25, 0.3) is 0 Å². The third-order valence-electron chi connectivity index (χ3n) is 3.65. The first kappa shape index (κ1) is 19.4. The first-order valence-corrected chi connectivity index (χ1v) is 8.54. The molecule has 0 fully saturated rings. The number of carbonyl (C=O) groups is 2. The summed E-state index contributed by atoms with van der Waals surface area (Å²) in [5.41, 5.74) is 8.00. The van der Waals surface area contributed by atoms with Crippen molar-refractivity contribution in [1.29, 1.82) is 0 Å². The Kier molecular flexibility index (Phi) is 7.11. The first-order chi connectivity index (χ1) is 12.4. The number of hydrogen-bond acceptors (Lipinski definition) is 4. The molecule has 1 aromatic carbocycles. The van der Waals surface area contributed by atoms with E-state index >= 15 is 0 Å². The molecular weight excluding hydrogens is 330 g/mol. The summed E-state index contributed by atoms with van der Waals surface area (Å²) in [6.45, 7) is 4.43. The van der Waals surface area contributed by atoms with Crippen LogP contribution in [0.3, 0.4) is 0 Å². The Bertz CT molecular complexity index is 734. The van der Waals surface area contributed by atoms with E-state index in [4.69, 9.17) is 5.73 Å². The molecule has 0 spiro atoms. The Morgan fingerprint density at radius 1 is 1.08 bits per heavy atom. The summed E-state index contributed by atoms with van der Waals surface area (Å²) in [6, 6.07) is 9.70. The molecule has 7 nitrogen and oxygen atoms in total. The molecule has 1 aromatic heterocycles. The van der Waals surface area contributed by atoms with Gasteiger partial charge in [0.1, 0.15) is 0 Å². The van der Waals surface area contributed by atoms with Crippen molar-refractivity contribution < 1.29 is 9.59 Å². The van der Waals surface area contributed by atoms with E-state index in [1.54, 1.807) is 36.7 Å². The quantitative estimate of drug-likeness (QED) is 0.612. The molecular formula is C19H25N5O2. The smallest absolute Gasteiger partial charge is 0.319 e. The van der Waals surface area contributed by atoms with E-state index in [2.05, 4.69) is 20.9 Å². The molecule has 0 aliphatic rings. The van der Waals surface area contributed by atoms with E-state index < -0.39 is 6.04 Å². The van der Waals surface area contributed by atoms with Crippen LogP contribution < -0.4 is 21.7 Å². The maximum absolute atomic E-state index is 12.1. The van der Waals surface area contributed by atoms with Crippen molar-refractivity contribution in [2.75, 3.05) is 10.6 Å². The van der Waals surface area contributed by atoms with Gasteiger partial charge in [-0.05, 0) is 48.2 Å². The van der Waals surface area contributed by atoms with E-state index in [-0.39, 0.29) is 11.9 Å². The van der Waals surface area contributed by atoms with Gasteiger partial charge in [0.15, 0.2) is 0 Å². The van der Waals surface area contributed by atoms with Gasteiger partial charge < -0.3 is 21.7 Å². The molecule has 0 unspecified atom stereocenters. The van der Waals surface area contributed by atoms with Gasteiger partial charge >= 0.3 is 6.03 Å². The third kappa shape index (κ3) is 6.52. The van der Waals surface area contributed by atoms with Crippen LogP contribution in [-0.4, -0.2) is 23.0 Å². The highest BCUT2D eigenvalue weighted by molar-refractivity contribution is 5.96. The molecule has 5 N–H and O–H groups in total. The van der Waals surface area contributed by atoms with Gasteiger partial charge in [0.05, 0.1) is 6.04 Å². The molecule has 0 aliphatic carbocycles. The zero-order valence-corrected chi connectivity index (χ0v) is 15.0. The summed E-state index contributed by atoms with van der Waals surface area (Å²) in [5, 5.41) is 8.28. The number of amides is 3. The zero-order valence-electron chi connectivity index (χ0n) is 15.0. The van der Waals surface area contributed by atoms with Gasteiger partial charge in [-0.3, -0.25) is 9.78 Å². The number of nitrogens with one attached hydrogen (secondary N) is 3. The highest BCUT2D eigenvalue weighted by Crippen LogP contribution is 2.16. The molecule has 26 heavy (non-hydrogen) atoms. The lowest BCUT2D eigenvalue weighted by Crippen LogP contribution is -2.36. The highest BCUT2D eigenvalue weighted by Gasteiger charge is 2.15. The van der Waals surface area contributed by atoms with Gasteiger partial charge in [-0.25, -0.2) is 4.79 Å². The van der Waals surface area contributed by atoms with Crippen LogP contribution in [-0.2, 0) is 11.3 Å². The van der Waals surface area contributed by atoms with E-state index in [9.17, 15) is 9.59 Å². The fourth-order valence-corrected chi connectivity index (χ4v) is 2.38. The molecule has 1 atom stereocenters. The Balaban J connectivity index is 1.87. The molecule has 0 saturated carbocycles. The number of anilines is 2. The second kappa shape index (κ2) is 9.53. The van der Waals surface area contributed by atoms with E-state index in [1.165, 1.54) is 0 Å². The van der Waals surface area contributed by atoms with Crippen LogP contribution >= 0.6 is 0 Å². The predicted molar refractivity (Wildman–Crippen MR) is 103 cm³/mol. The standard InChI is InChI=1S/C19H25N5O2/c1-13(2)10-17(20)18(25)23-15-4-3-5-16(11-15)24-19(26)22-12-14-6-8-21-9-7-14/h3-9,11,13,17H,10,12,20H2,1-2H3,(H,23,25)(H2,22,24,26)/t17-/m0/s1. The molecule has 1 heterocycles. The number of carbonyl (C=O) groups excluding carboxylic acids is 2. The maximum Gasteiger partial charge on any atom is 0.319 e. The van der Waals surface area contributed by atoms with Crippen molar-refractivity contribution in [2.24, 2.45) is 11.7 Å². The first-order valence-electron chi connectivity index (χ1n) is 8.54. The molecule has 0 radical (unpaired) electrons. The number of pyridine rings is 1. The number of rotatable bonds is 7. The SMILES string of the molecule is CC(C)C[C@H](N)C(=O)Nc1cccc(NC(=O)NCc2ccncc2)c1. The topological polar surface area (TPSA) is 109 Å². The van der Waals surface area contributed by atoms with Crippen molar-refractivity contribution in [3.63, 3.8) is 0 Å². The second-order valence-electron chi connectivity index (χ2n) is 6.47. The van der Waals surface area contributed by atoms with Gasteiger partial charge in [0.2, 0.25) is 5.91 Å². The fraction of sp³-hybridized carbons (Fsp3) is 0.316. The number of benzene rings is 1. The normalized spacial score (nSPS) is 11.7. The Labute approximate surface area is 153 Å². The third-order valence-corrected chi connectivity index (χ3v) is 3.65. The maximum atomic E-state index is 12.1. The van der Waals surface area contributed by atoms with Gasteiger partial charge in [-0.15, -0.1) is 0 Å². The van der Waals surface area contributed by atoms with Gasteiger partial charge in [-0.2, -0.15) is 0 Å².